The fraction of sp³-hybridized carbons (Fsp3) is 0.333. The Bertz CT molecular complexity index is 1640. The van der Waals surface area contributed by atoms with Gasteiger partial charge in [0.1, 0.15) is 34.8 Å². The SMILES string of the molecule is CN(C)c1ccc(C(=O)N2C3C(O)=C(C(N)=O)C(=O)C4C(O)=C5C(=O)c6c(O)ccc(N(C)C)c6CC5CC432)cc1. The monoisotopic (exact) mass is 558 g/mol. The number of aliphatic hydroxyl groups is 2. The summed E-state index contributed by atoms with van der Waals surface area (Å²) in [6.45, 7) is 0. The molecule has 4 unspecified atom stereocenters. The van der Waals surface area contributed by atoms with Crippen molar-refractivity contribution in [2.24, 2.45) is 17.6 Å². The predicted molar refractivity (Wildman–Crippen MR) is 149 cm³/mol. The number of carbonyl (C=O) groups excluding carboxylic acids is 4. The Kier molecular flexibility index (Phi) is 5.54. The molecule has 1 aliphatic heterocycles. The Balaban J connectivity index is 1.51. The number of rotatable bonds is 4. The number of fused-ring (bicyclic) bond motifs is 2. The van der Waals surface area contributed by atoms with Gasteiger partial charge in [-0.1, -0.05) is 0 Å². The molecule has 4 atom stereocenters. The van der Waals surface area contributed by atoms with Crippen molar-refractivity contribution in [3.05, 3.63) is 75.8 Å². The first-order valence-electron chi connectivity index (χ1n) is 13.2. The van der Waals surface area contributed by atoms with E-state index in [1.807, 2.05) is 38.0 Å². The van der Waals surface area contributed by atoms with Crippen LogP contribution in [-0.4, -0.2) is 83.4 Å². The summed E-state index contributed by atoms with van der Waals surface area (Å²) in [6, 6.07) is 8.78. The van der Waals surface area contributed by atoms with Crippen LogP contribution in [0.25, 0.3) is 0 Å². The summed E-state index contributed by atoms with van der Waals surface area (Å²) in [5, 5.41) is 33.4. The molecular formula is C30H30N4O7. The highest BCUT2D eigenvalue weighted by molar-refractivity contribution is 6.24. The first-order chi connectivity index (χ1) is 19.3. The number of hydrogen-bond acceptors (Lipinski definition) is 9. The number of nitrogens with zero attached hydrogens (tertiary/aromatic N) is 3. The number of ketones is 2. The van der Waals surface area contributed by atoms with Crippen molar-refractivity contribution in [3.63, 3.8) is 0 Å². The molecule has 1 heterocycles. The maximum atomic E-state index is 13.9. The highest BCUT2D eigenvalue weighted by Gasteiger charge is 2.78. The summed E-state index contributed by atoms with van der Waals surface area (Å²) < 4.78 is 0. The molecule has 2 aromatic rings. The van der Waals surface area contributed by atoms with Crippen molar-refractivity contribution in [1.29, 1.82) is 0 Å². The van der Waals surface area contributed by atoms with Gasteiger partial charge in [0.2, 0.25) is 0 Å². The zero-order valence-corrected chi connectivity index (χ0v) is 23.0. The van der Waals surface area contributed by atoms with E-state index in [9.17, 15) is 34.5 Å². The zero-order valence-electron chi connectivity index (χ0n) is 23.0. The zero-order chi connectivity index (χ0) is 29.7. The third kappa shape index (κ3) is 3.38. The second kappa shape index (κ2) is 8.60. The smallest absolute Gasteiger partial charge is 0.255 e. The average Bonchev–Trinajstić information content (AvgIpc) is 3.55. The lowest BCUT2D eigenvalue weighted by Crippen LogP contribution is -2.50. The number of phenolic OH excluding ortho intramolecular Hbond substituents is 1. The number of benzene rings is 2. The van der Waals surface area contributed by atoms with Crippen molar-refractivity contribution in [1.82, 2.24) is 4.90 Å². The molecule has 0 bridgehead atoms. The Morgan fingerprint density at radius 3 is 2.20 bits per heavy atom. The highest BCUT2D eigenvalue weighted by Crippen LogP contribution is 2.64. The molecule has 5 N–H and O–H groups in total. The minimum Gasteiger partial charge on any atom is -0.511 e. The second-order valence-corrected chi connectivity index (χ2v) is 11.5. The highest BCUT2D eigenvalue weighted by atomic mass is 16.3. The van der Waals surface area contributed by atoms with Crippen molar-refractivity contribution in [3.8, 4) is 5.75 Å². The molecule has 11 heteroatoms. The van der Waals surface area contributed by atoms with E-state index in [4.69, 9.17) is 5.73 Å². The van der Waals surface area contributed by atoms with Crippen LogP contribution < -0.4 is 15.5 Å². The first kappa shape index (κ1) is 26.4. The first-order valence-corrected chi connectivity index (χ1v) is 13.2. The molecule has 0 saturated carbocycles. The minimum atomic E-state index is -1.48. The lowest BCUT2D eigenvalue weighted by Gasteiger charge is -2.41. The molecule has 4 aliphatic rings. The largest absolute Gasteiger partial charge is 0.511 e. The lowest BCUT2D eigenvalue weighted by molar-refractivity contribution is -0.125. The normalized spacial score (nSPS) is 26.1. The van der Waals surface area contributed by atoms with Crippen LogP contribution in [0.3, 0.4) is 0 Å². The van der Waals surface area contributed by atoms with Crippen molar-refractivity contribution in [2.45, 2.75) is 24.4 Å². The van der Waals surface area contributed by atoms with E-state index in [0.717, 1.165) is 5.69 Å². The molecule has 1 saturated heterocycles. The van der Waals surface area contributed by atoms with Gasteiger partial charge in [-0.15, -0.1) is 0 Å². The summed E-state index contributed by atoms with van der Waals surface area (Å²) in [4.78, 5) is 58.7. The van der Waals surface area contributed by atoms with Crippen molar-refractivity contribution in [2.75, 3.05) is 38.0 Å². The van der Waals surface area contributed by atoms with Gasteiger partial charge in [-0.3, -0.25) is 19.2 Å². The molecule has 1 fully saturated rings. The van der Waals surface area contributed by atoms with Gasteiger partial charge in [0.25, 0.3) is 11.8 Å². The summed E-state index contributed by atoms with van der Waals surface area (Å²) >= 11 is 0. The third-order valence-electron chi connectivity index (χ3n) is 8.93. The predicted octanol–water partition coefficient (Wildman–Crippen LogP) is 1.85. The number of primary amides is 1. The van der Waals surface area contributed by atoms with E-state index >= 15 is 0 Å². The number of nitrogens with two attached hydrogens (primary N) is 1. The lowest BCUT2D eigenvalue weighted by atomic mass is 9.61. The van der Waals surface area contributed by atoms with E-state index in [-0.39, 0.29) is 35.3 Å². The van der Waals surface area contributed by atoms with Crippen LogP contribution in [0, 0.1) is 11.8 Å². The van der Waals surface area contributed by atoms with Crippen LogP contribution in [0.15, 0.2) is 59.1 Å². The van der Waals surface area contributed by atoms with E-state index in [2.05, 4.69) is 0 Å². The van der Waals surface area contributed by atoms with Gasteiger partial charge in [-0.25, -0.2) is 0 Å². The van der Waals surface area contributed by atoms with Gasteiger partial charge in [0.15, 0.2) is 11.6 Å². The minimum absolute atomic E-state index is 0.0359. The maximum Gasteiger partial charge on any atom is 0.255 e. The molecule has 41 heavy (non-hydrogen) atoms. The van der Waals surface area contributed by atoms with Gasteiger partial charge in [0, 0.05) is 50.7 Å². The fourth-order valence-corrected chi connectivity index (χ4v) is 7.14. The summed E-state index contributed by atoms with van der Waals surface area (Å²) in [5.74, 6) is -6.78. The van der Waals surface area contributed by atoms with Gasteiger partial charge >= 0.3 is 0 Å². The fourth-order valence-electron chi connectivity index (χ4n) is 7.14. The van der Waals surface area contributed by atoms with Crippen LogP contribution in [0.1, 0.15) is 32.7 Å². The van der Waals surface area contributed by atoms with Gasteiger partial charge < -0.3 is 35.8 Å². The van der Waals surface area contributed by atoms with Crippen LogP contribution >= 0.6 is 0 Å². The number of phenols is 1. The number of anilines is 2. The van der Waals surface area contributed by atoms with Crippen LogP contribution in [0.5, 0.6) is 5.75 Å². The van der Waals surface area contributed by atoms with E-state index in [1.165, 1.54) is 11.0 Å². The molecule has 11 nitrogen and oxygen atoms in total. The van der Waals surface area contributed by atoms with Crippen LogP contribution in [0.2, 0.25) is 0 Å². The molecule has 0 radical (unpaired) electrons. The van der Waals surface area contributed by atoms with Gasteiger partial charge in [0.05, 0.1) is 11.1 Å². The van der Waals surface area contributed by atoms with Gasteiger partial charge in [-0.05, 0) is 60.7 Å². The van der Waals surface area contributed by atoms with Crippen LogP contribution in [0.4, 0.5) is 11.4 Å². The summed E-state index contributed by atoms with van der Waals surface area (Å²) in [5.41, 5.74) is 5.83. The molecule has 0 aromatic heterocycles. The quantitative estimate of drug-likeness (QED) is 0.324. The van der Waals surface area contributed by atoms with Crippen molar-refractivity contribution < 1.29 is 34.5 Å². The summed E-state index contributed by atoms with van der Waals surface area (Å²) in [7, 11) is 7.34. The number of hydrogen-bond donors (Lipinski definition) is 4. The molecule has 1 spiro atoms. The summed E-state index contributed by atoms with van der Waals surface area (Å²) in [6.07, 6.45) is 0.309. The van der Waals surface area contributed by atoms with E-state index < -0.39 is 63.9 Å². The second-order valence-electron chi connectivity index (χ2n) is 11.5. The Hall–Kier alpha value is -4.80. The van der Waals surface area contributed by atoms with E-state index in [1.54, 1.807) is 30.3 Å². The van der Waals surface area contributed by atoms with E-state index in [0.29, 0.717) is 11.3 Å². The average molecular weight is 559 g/mol. The molecule has 6 rings (SSSR count). The number of carbonyl (C=O) groups is 4. The number of Topliss-reactive ketones (excluding diaryl/α,β-unsaturated/α-hetero) is 2. The molecule has 212 valence electrons. The molecule has 2 amide bonds. The van der Waals surface area contributed by atoms with Crippen molar-refractivity contribution >= 4 is 34.8 Å². The molecular weight excluding hydrogens is 528 g/mol. The van der Waals surface area contributed by atoms with Crippen LogP contribution in [-0.2, 0) is 16.0 Å². The topological polar surface area (TPSA) is 164 Å². The molecule has 2 aromatic carbocycles. The number of allylic oxidation sites excluding steroid dienone is 1. The molecule has 3 aliphatic carbocycles. The number of aromatic hydroxyl groups is 1. The Morgan fingerprint density at radius 2 is 1.61 bits per heavy atom. The Morgan fingerprint density at radius 1 is 0.951 bits per heavy atom. The maximum absolute atomic E-state index is 13.9. The van der Waals surface area contributed by atoms with Gasteiger partial charge in [-0.2, -0.15) is 0 Å². The number of amides is 2. The standard InChI is InChI=1S/C30H30N4O7/c1-32(2)15-7-5-13(6-8-15)29(41)34-27-26(39)21(28(31)40)25(38)22-24(37)19-14(12-30(22,27)34)11-16-17(33(3)4)9-10-18(35)20(16)23(19)36/h5-10,14,22,27,35,37,39H,11-12H2,1-4H3,(H2,31,40). The third-order valence-corrected chi connectivity index (χ3v) is 8.93. The Labute approximate surface area is 235 Å². The number of aliphatic hydroxyl groups excluding tert-OH is 2.